The molecule has 24 heavy (non-hydrogen) atoms. The summed E-state index contributed by atoms with van der Waals surface area (Å²) in [4.78, 5) is 14.2. The van der Waals surface area contributed by atoms with E-state index in [0.29, 0.717) is 5.92 Å². The van der Waals surface area contributed by atoms with Gasteiger partial charge in [-0.2, -0.15) is 4.99 Å². The van der Waals surface area contributed by atoms with Crippen LogP contribution in [0.3, 0.4) is 0 Å². The first-order valence-electron chi connectivity index (χ1n) is 9.06. The van der Waals surface area contributed by atoms with Crippen LogP contribution in [-0.2, 0) is 4.74 Å². The van der Waals surface area contributed by atoms with Gasteiger partial charge in [-0.25, -0.2) is 4.99 Å². The van der Waals surface area contributed by atoms with E-state index in [0.717, 1.165) is 36.6 Å². The predicted molar refractivity (Wildman–Crippen MR) is 96.6 cm³/mol. The number of allylic oxidation sites excluding steroid dienone is 1. The van der Waals surface area contributed by atoms with Crippen LogP contribution >= 0.6 is 0 Å². The van der Waals surface area contributed by atoms with Gasteiger partial charge in [0.1, 0.15) is 17.6 Å². The van der Waals surface area contributed by atoms with Gasteiger partial charge >= 0.3 is 0 Å². The molecule has 2 atom stereocenters. The van der Waals surface area contributed by atoms with E-state index >= 15 is 0 Å². The fourth-order valence-corrected chi connectivity index (χ4v) is 3.99. The summed E-state index contributed by atoms with van der Waals surface area (Å²) in [5.41, 5.74) is 1.17. The summed E-state index contributed by atoms with van der Waals surface area (Å²) in [6.07, 6.45) is 12.3. The third-order valence-corrected chi connectivity index (χ3v) is 5.61. The number of piperidine rings is 1. The van der Waals surface area contributed by atoms with E-state index < -0.39 is 0 Å². The summed E-state index contributed by atoms with van der Waals surface area (Å²) in [5, 5.41) is 0. The quantitative estimate of drug-likeness (QED) is 0.783. The highest BCUT2D eigenvalue weighted by atomic mass is 16.5. The minimum Gasteiger partial charge on any atom is -0.497 e. The highest BCUT2D eigenvalue weighted by Gasteiger charge is 2.37. The molecule has 5 nitrogen and oxygen atoms in total. The van der Waals surface area contributed by atoms with Crippen molar-refractivity contribution in [2.45, 2.75) is 39.2 Å². The summed E-state index contributed by atoms with van der Waals surface area (Å²) in [7, 11) is 1.72. The maximum atomic E-state index is 5.43. The lowest BCUT2D eigenvalue weighted by Gasteiger charge is -2.34. The number of likely N-dealkylation sites (tertiary alicyclic amines) is 1. The zero-order valence-electron chi connectivity index (χ0n) is 14.8. The van der Waals surface area contributed by atoms with Gasteiger partial charge in [-0.1, -0.05) is 20.3 Å². The van der Waals surface area contributed by atoms with Crippen molar-refractivity contribution in [1.82, 2.24) is 9.80 Å². The van der Waals surface area contributed by atoms with Gasteiger partial charge in [-0.05, 0) is 30.9 Å². The topological polar surface area (TPSA) is 40.4 Å². The first-order valence-corrected chi connectivity index (χ1v) is 9.06. The molecule has 0 radical (unpaired) electrons. The van der Waals surface area contributed by atoms with E-state index in [1.807, 2.05) is 0 Å². The van der Waals surface area contributed by atoms with Gasteiger partial charge < -0.3 is 9.64 Å². The molecule has 0 aromatic heterocycles. The Morgan fingerprint density at radius 1 is 1.29 bits per heavy atom. The van der Waals surface area contributed by atoms with Crippen molar-refractivity contribution in [3.05, 3.63) is 35.9 Å². The van der Waals surface area contributed by atoms with Crippen molar-refractivity contribution < 1.29 is 4.74 Å². The standard InChI is InChI=1S/C19H26N4O/c1-4-14-5-8-22(9-6-14)17-7-10-23-16-12-15(24-3)11-13(2)18(16)21-19(23)20-17/h7,10-14,18H,4-6,8-9H2,1-3H3/t13-,18?/m0/s1. The normalized spacial score (nSPS) is 29.5. The summed E-state index contributed by atoms with van der Waals surface area (Å²) >= 11 is 0. The highest BCUT2D eigenvalue weighted by molar-refractivity contribution is 6.06. The lowest BCUT2D eigenvalue weighted by molar-refractivity contribution is 0.262. The number of methoxy groups -OCH3 is 1. The third kappa shape index (κ3) is 2.56. The average molecular weight is 326 g/mol. The Kier molecular flexibility index (Phi) is 3.94. The molecule has 4 rings (SSSR count). The molecule has 1 aliphatic carbocycles. The predicted octanol–water partition coefficient (Wildman–Crippen LogP) is 3.14. The summed E-state index contributed by atoms with van der Waals surface area (Å²) in [6.45, 7) is 6.69. The first-order chi connectivity index (χ1) is 11.7. The second kappa shape index (κ2) is 6.11. The average Bonchev–Trinajstić information content (AvgIpc) is 3.00. The summed E-state index contributed by atoms with van der Waals surface area (Å²) in [5.74, 6) is 3.99. The molecule has 1 saturated heterocycles. The Morgan fingerprint density at radius 3 is 2.79 bits per heavy atom. The van der Waals surface area contributed by atoms with E-state index in [1.165, 1.54) is 25.0 Å². The molecule has 1 fully saturated rings. The molecule has 0 spiro atoms. The number of hydrogen-bond donors (Lipinski definition) is 0. The first kappa shape index (κ1) is 15.5. The monoisotopic (exact) mass is 326 g/mol. The second-order valence-electron chi connectivity index (χ2n) is 7.07. The third-order valence-electron chi connectivity index (χ3n) is 5.61. The zero-order valence-corrected chi connectivity index (χ0v) is 14.8. The Labute approximate surface area is 144 Å². The van der Waals surface area contributed by atoms with E-state index in [-0.39, 0.29) is 6.04 Å². The van der Waals surface area contributed by atoms with Crippen LogP contribution in [0, 0.1) is 11.8 Å². The van der Waals surface area contributed by atoms with Crippen molar-refractivity contribution >= 4 is 11.8 Å². The van der Waals surface area contributed by atoms with Crippen LogP contribution in [0.5, 0.6) is 0 Å². The molecule has 0 amide bonds. The Bertz CT molecular complexity index is 665. The molecule has 0 aromatic rings. The number of rotatable bonds is 2. The van der Waals surface area contributed by atoms with Gasteiger partial charge in [0.25, 0.3) is 0 Å². The molecule has 1 unspecified atom stereocenters. The number of guanidine groups is 1. The van der Waals surface area contributed by atoms with Crippen molar-refractivity contribution in [3.63, 3.8) is 0 Å². The van der Waals surface area contributed by atoms with Crippen LogP contribution in [0.2, 0.25) is 0 Å². The van der Waals surface area contributed by atoms with Crippen LogP contribution < -0.4 is 0 Å². The number of amidine groups is 1. The second-order valence-corrected chi connectivity index (χ2v) is 7.07. The number of ether oxygens (including phenoxy) is 1. The minimum absolute atomic E-state index is 0.150. The molecule has 128 valence electrons. The fraction of sp³-hybridized carbons (Fsp3) is 0.579. The van der Waals surface area contributed by atoms with Crippen molar-refractivity contribution in [1.29, 1.82) is 0 Å². The lowest BCUT2D eigenvalue weighted by Crippen LogP contribution is -2.40. The number of hydrogen-bond acceptors (Lipinski definition) is 5. The van der Waals surface area contributed by atoms with Crippen molar-refractivity contribution in [2.75, 3.05) is 20.2 Å². The molecular formula is C19H26N4O. The molecule has 0 N–H and O–H groups in total. The van der Waals surface area contributed by atoms with Gasteiger partial charge in [0.05, 0.1) is 12.8 Å². The smallest absolute Gasteiger partial charge is 0.231 e. The zero-order chi connectivity index (χ0) is 16.7. The van der Waals surface area contributed by atoms with Gasteiger partial charge in [0, 0.05) is 31.3 Å². The Hall–Kier alpha value is -2.04. The largest absolute Gasteiger partial charge is 0.497 e. The van der Waals surface area contributed by atoms with Crippen LogP contribution in [-0.4, -0.2) is 47.8 Å². The molecule has 3 aliphatic heterocycles. The Morgan fingerprint density at radius 2 is 2.08 bits per heavy atom. The highest BCUT2D eigenvalue weighted by Crippen LogP contribution is 2.35. The van der Waals surface area contributed by atoms with Crippen LogP contribution in [0.15, 0.2) is 45.9 Å². The molecule has 0 saturated carbocycles. The van der Waals surface area contributed by atoms with Crippen LogP contribution in [0.1, 0.15) is 33.1 Å². The number of nitrogens with zero attached hydrogens (tertiary/aromatic N) is 4. The fourth-order valence-electron chi connectivity index (χ4n) is 3.99. The van der Waals surface area contributed by atoms with Gasteiger partial charge in [-0.3, -0.25) is 4.90 Å². The molecule has 5 heteroatoms. The van der Waals surface area contributed by atoms with Crippen LogP contribution in [0.4, 0.5) is 0 Å². The van der Waals surface area contributed by atoms with E-state index in [2.05, 4.69) is 48.1 Å². The number of aliphatic imine (C=N–C) groups is 2. The van der Waals surface area contributed by atoms with Gasteiger partial charge in [-0.15, -0.1) is 0 Å². The maximum absolute atomic E-state index is 5.43. The van der Waals surface area contributed by atoms with Crippen molar-refractivity contribution in [2.24, 2.45) is 21.8 Å². The summed E-state index contributed by atoms with van der Waals surface area (Å²) in [6, 6.07) is 0.150. The molecular weight excluding hydrogens is 300 g/mol. The van der Waals surface area contributed by atoms with Crippen LogP contribution in [0.25, 0.3) is 0 Å². The molecule has 3 heterocycles. The van der Waals surface area contributed by atoms with Gasteiger partial charge in [0.15, 0.2) is 0 Å². The van der Waals surface area contributed by atoms with E-state index in [9.17, 15) is 0 Å². The van der Waals surface area contributed by atoms with Crippen molar-refractivity contribution in [3.8, 4) is 0 Å². The maximum Gasteiger partial charge on any atom is 0.231 e. The minimum atomic E-state index is 0.150. The lowest BCUT2D eigenvalue weighted by atomic mass is 9.94. The van der Waals surface area contributed by atoms with E-state index in [1.54, 1.807) is 7.11 Å². The number of fused-ring (bicyclic) bond motifs is 3. The summed E-state index contributed by atoms with van der Waals surface area (Å²) < 4.78 is 5.43. The van der Waals surface area contributed by atoms with Gasteiger partial charge in [0.2, 0.25) is 5.96 Å². The molecule has 0 aromatic carbocycles. The van der Waals surface area contributed by atoms with E-state index in [4.69, 9.17) is 14.7 Å². The molecule has 4 aliphatic rings. The SMILES string of the molecule is CCC1CCN(C2=NC3=NC4C(=CC(OC)=C[C@@H]4C)N3C=C2)CC1. The Balaban J connectivity index is 1.54. The molecule has 0 bridgehead atoms.